The molecule has 0 aliphatic heterocycles. The molecule has 0 atom stereocenters. The summed E-state index contributed by atoms with van der Waals surface area (Å²) in [7, 11) is 0. The van der Waals surface area contributed by atoms with Crippen LogP contribution in [0, 0.1) is 0 Å². The first-order valence-electron chi connectivity index (χ1n) is 5.66. The Kier molecular flexibility index (Phi) is 2.74. The van der Waals surface area contributed by atoms with Crippen LogP contribution in [0.2, 0.25) is 0 Å². The van der Waals surface area contributed by atoms with Crippen molar-refractivity contribution in [1.82, 2.24) is 0 Å². The van der Waals surface area contributed by atoms with Crippen molar-refractivity contribution in [3.8, 4) is 0 Å². The van der Waals surface area contributed by atoms with Crippen LogP contribution in [0.25, 0.3) is 0 Å². The highest BCUT2D eigenvalue weighted by molar-refractivity contribution is 5.35. The number of alkyl halides is 2. The Labute approximate surface area is 94.7 Å². The molecule has 1 aromatic rings. The van der Waals surface area contributed by atoms with E-state index in [1.165, 1.54) is 0 Å². The van der Waals surface area contributed by atoms with Crippen LogP contribution >= 0.6 is 0 Å². The Hall–Kier alpha value is -0.960. The Balaban J connectivity index is 2.31. The molecule has 3 heteroatoms. The Morgan fingerprint density at radius 2 is 1.94 bits per heavy atom. The molecule has 2 N–H and O–H groups in total. The summed E-state index contributed by atoms with van der Waals surface area (Å²) >= 11 is 0. The first-order chi connectivity index (χ1) is 7.41. The topological polar surface area (TPSA) is 26.0 Å². The maximum atomic E-state index is 13.1. The number of hydrogen-bond donors (Lipinski definition) is 1. The molecular formula is C13H17F2N. The zero-order valence-electron chi connectivity index (χ0n) is 9.47. The minimum Gasteiger partial charge on any atom is -0.321 e. The number of nitrogens with two attached hydrogens (primary N) is 1. The highest BCUT2D eigenvalue weighted by Crippen LogP contribution is 2.41. The molecule has 16 heavy (non-hydrogen) atoms. The summed E-state index contributed by atoms with van der Waals surface area (Å²) in [5.41, 5.74) is 7.44. The van der Waals surface area contributed by atoms with Gasteiger partial charge in [-0.25, -0.2) is 8.78 Å². The van der Waals surface area contributed by atoms with Crippen molar-refractivity contribution in [2.24, 2.45) is 5.73 Å². The maximum Gasteiger partial charge on any atom is 0.249 e. The van der Waals surface area contributed by atoms with E-state index in [0.29, 0.717) is 5.56 Å². The van der Waals surface area contributed by atoms with Gasteiger partial charge in [-0.15, -0.1) is 0 Å². The normalized spacial score (nSPS) is 19.2. The van der Waals surface area contributed by atoms with Crippen LogP contribution in [0.5, 0.6) is 0 Å². The Morgan fingerprint density at radius 3 is 2.44 bits per heavy atom. The summed E-state index contributed by atoms with van der Waals surface area (Å²) in [6.45, 7) is 0.952. The molecule has 0 heterocycles. The molecule has 0 bridgehead atoms. The molecule has 0 unspecified atom stereocenters. The third kappa shape index (κ3) is 2.24. The van der Waals surface area contributed by atoms with Gasteiger partial charge in [-0.2, -0.15) is 0 Å². The van der Waals surface area contributed by atoms with Crippen molar-refractivity contribution in [3.63, 3.8) is 0 Å². The lowest BCUT2D eigenvalue weighted by atomic mass is 9.71. The van der Waals surface area contributed by atoms with Crippen LogP contribution in [-0.2, 0) is 12.0 Å². The number of halogens is 2. The van der Waals surface area contributed by atoms with E-state index >= 15 is 0 Å². The minimum atomic E-state index is -2.67. The van der Waals surface area contributed by atoms with E-state index in [9.17, 15) is 8.78 Å². The second-order valence-electron chi connectivity index (χ2n) is 4.91. The van der Waals surface area contributed by atoms with Crippen LogP contribution in [0.3, 0.4) is 0 Å². The van der Waals surface area contributed by atoms with Crippen molar-refractivity contribution in [2.75, 3.05) is 0 Å². The quantitative estimate of drug-likeness (QED) is 0.839. The van der Waals surface area contributed by atoms with E-state index in [2.05, 4.69) is 0 Å². The fourth-order valence-corrected chi connectivity index (χ4v) is 2.32. The SMILES string of the molecule is CC(F)(F)Cc1ccccc1C1(N)CCC1. The van der Waals surface area contributed by atoms with Gasteiger partial charge in [0.2, 0.25) is 5.92 Å². The highest BCUT2D eigenvalue weighted by atomic mass is 19.3. The summed E-state index contributed by atoms with van der Waals surface area (Å²) in [6.07, 6.45) is 2.67. The van der Waals surface area contributed by atoms with Crippen molar-refractivity contribution in [1.29, 1.82) is 0 Å². The fraction of sp³-hybridized carbons (Fsp3) is 0.538. The van der Waals surface area contributed by atoms with E-state index < -0.39 is 5.92 Å². The van der Waals surface area contributed by atoms with E-state index in [1.807, 2.05) is 12.1 Å². The van der Waals surface area contributed by atoms with Crippen molar-refractivity contribution in [2.45, 2.75) is 44.1 Å². The van der Waals surface area contributed by atoms with Crippen LogP contribution < -0.4 is 5.73 Å². The van der Waals surface area contributed by atoms with Crippen LogP contribution in [0.15, 0.2) is 24.3 Å². The van der Waals surface area contributed by atoms with E-state index in [1.54, 1.807) is 12.1 Å². The number of benzene rings is 1. The second-order valence-corrected chi connectivity index (χ2v) is 4.91. The van der Waals surface area contributed by atoms with E-state index in [0.717, 1.165) is 31.7 Å². The first-order valence-corrected chi connectivity index (χ1v) is 5.66. The van der Waals surface area contributed by atoms with Gasteiger partial charge in [0.15, 0.2) is 0 Å². The molecule has 0 radical (unpaired) electrons. The van der Waals surface area contributed by atoms with Gasteiger partial charge in [0.25, 0.3) is 0 Å². The molecule has 2 rings (SSSR count). The lowest BCUT2D eigenvalue weighted by Crippen LogP contribution is -2.44. The summed E-state index contributed by atoms with van der Waals surface area (Å²) in [4.78, 5) is 0. The largest absolute Gasteiger partial charge is 0.321 e. The van der Waals surface area contributed by atoms with Crippen molar-refractivity contribution >= 4 is 0 Å². The van der Waals surface area contributed by atoms with E-state index in [4.69, 9.17) is 5.73 Å². The summed E-state index contributed by atoms with van der Waals surface area (Å²) in [5.74, 6) is -2.67. The fourth-order valence-electron chi connectivity index (χ4n) is 2.32. The predicted octanol–water partition coefficient (Wildman–Crippen LogP) is 3.22. The van der Waals surface area contributed by atoms with Gasteiger partial charge in [-0.1, -0.05) is 24.3 Å². The van der Waals surface area contributed by atoms with Crippen LogP contribution in [-0.4, -0.2) is 5.92 Å². The molecule has 1 nitrogen and oxygen atoms in total. The second kappa shape index (κ2) is 3.81. The van der Waals surface area contributed by atoms with Crippen molar-refractivity contribution in [3.05, 3.63) is 35.4 Å². The Morgan fingerprint density at radius 1 is 1.31 bits per heavy atom. The monoisotopic (exact) mass is 225 g/mol. The first kappa shape index (κ1) is 11.5. The molecule has 1 saturated carbocycles. The molecule has 0 aromatic heterocycles. The van der Waals surface area contributed by atoms with Crippen LogP contribution in [0.1, 0.15) is 37.3 Å². The van der Waals surface area contributed by atoms with Gasteiger partial charge in [0.05, 0.1) is 0 Å². The third-order valence-corrected chi connectivity index (χ3v) is 3.30. The zero-order valence-corrected chi connectivity index (χ0v) is 9.47. The Bertz CT molecular complexity index is 378. The van der Waals surface area contributed by atoms with Gasteiger partial charge in [0.1, 0.15) is 0 Å². The van der Waals surface area contributed by atoms with Gasteiger partial charge in [-0.05, 0) is 37.3 Å². The molecule has 0 amide bonds. The smallest absolute Gasteiger partial charge is 0.249 e. The summed E-state index contributed by atoms with van der Waals surface area (Å²) in [6, 6.07) is 7.33. The lowest BCUT2D eigenvalue weighted by Gasteiger charge is -2.40. The van der Waals surface area contributed by atoms with Crippen LogP contribution in [0.4, 0.5) is 8.78 Å². The standard InChI is InChI=1S/C13H17F2N/c1-12(14,15)9-10-5-2-3-6-11(10)13(16)7-4-8-13/h2-3,5-6H,4,7-9,16H2,1H3. The highest BCUT2D eigenvalue weighted by Gasteiger charge is 2.37. The number of rotatable bonds is 3. The zero-order chi connectivity index (χ0) is 11.8. The van der Waals surface area contributed by atoms with E-state index in [-0.39, 0.29) is 12.0 Å². The minimum absolute atomic E-state index is 0.220. The average molecular weight is 225 g/mol. The average Bonchev–Trinajstić information content (AvgIpc) is 2.12. The lowest BCUT2D eigenvalue weighted by molar-refractivity contribution is 0.0219. The molecule has 1 aromatic carbocycles. The van der Waals surface area contributed by atoms with Gasteiger partial charge in [0, 0.05) is 12.0 Å². The van der Waals surface area contributed by atoms with Crippen molar-refractivity contribution < 1.29 is 8.78 Å². The molecule has 1 fully saturated rings. The number of hydrogen-bond acceptors (Lipinski definition) is 1. The third-order valence-electron chi connectivity index (χ3n) is 3.30. The van der Waals surface area contributed by atoms with Gasteiger partial charge in [-0.3, -0.25) is 0 Å². The summed E-state index contributed by atoms with van der Waals surface area (Å²) in [5, 5.41) is 0. The molecule has 88 valence electrons. The molecule has 1 aliphatic carbocycles. The molecule has 1 aliphatic rings. The molecule has 0 spiro atoms. The summed E-state index contributed by atoms with van der Waals surface area (Å²) < 4.78 is 26.1. The molecular weight excluding hydrogens is 208 g/mol. The molecule has 0 saturated heterocycles. The van der Waals surface area contributed by atoms with Gasteiger partial charge < -0.3 is 5.73 Å². The maximum absolute atomic E-state index is 13.1. The predicted molar refractivity (Wildman–Crippen MR) is 60.5 cm³/mol. The van der Waals surface area contributed by atoms with Gasteiger partial charge >= 0.3 is 0 Å².